The molecule has 2 fully saturated rings. The fourth-order valence-corrected chi connectivity index (χ4v) is 4.47. The maximum Gasteiger partial charge on any atom is 0.220 e. The first kappa shape index (κ1) is 19.3. The zero-order valence-corrected chi connectivity index (χ0v) is 16.7. The van der Waals surface area contributed by atoms with Crippen LogP contribution in [0.4, 0.5) is 0 Å². The molecule has 26 heavy (non-hydrogen) atoms. The van der Waals surface area contributed by atoms with Crippen LogP contribution >= 0.6 is 23.2 Å². The third-order valence-corrected chi connectivity index (χ3v) is 5.51. The number of amides is 1. The van der Waals surface area contributed by atoms with Crippen molar-refractivity contribution in [1.29, 1.82) is 0 Å². The number of carbonyl (C=O) groups excluding carboxylic acids is 1. The summed E-state index contributed by atoms with van der Waals surface area (Å²) in [5.41, 5.74) is 1.15. The average molecular weight is 397 g/mol. The number of benzene rings is 1. The molecular weight excluding hydrogens is 371 g/mol. The van der Waals surface area contributed by atoms with Gasteiger partial charge in [-0.2, -0.15) is 0 Å². The summed E-state index contributed by atoms with van der Waals surface area (Å²) in [6.45, 7) is 6.20. The number of aliphatic imine (C=N–C) groups is 1. The Morgan fingerprint density at radius 3 is 2.77 bits per heavy atom. The van der Waals surface area contributed by atoms with Gasteiger partial charge in [-0.1, -0.05) is 23.2 Å². The Balaban J connectivity index is 1.65. The maximum atomic E-state index is 11.7. The smallest absolute Gasteiger partial charge is 0.220 e. The molecule has 2 aliphatic heterocycles. The molecule has 3 rings (SSSR count). The predicted octanol–water partition coefficient (Wildman–Crippen LogP) is 3.10. The number of halogens is 2. The first-order valence-electron chi connectivity index (χ1n) is 9.25. The van der Waals surface area contributed by atoms with E-state index in [9.17, 15) is 4.79 Å². The topological polar surface area (TPSA) is 56.7 Å². The Hall–Kier alpha value is -1.46. The van der Waals surface area contributed by atoms with Crippen molar-refractivity contribution in [3.63, 3.8) is 0 Å². The molecule has 5 nitrogen and oxygen atoms in total. The lowest BCUT2D eigenvalue weighted by Gasteiger charge is -2.40. The molecule has 1 unspecified atom stereocenters. The zero-order valence-electron chi connectivity index (χ0n) is 15.2. The van der Waals surface area contributed by atoms with Gasteiger partial charge in [0.15, 0.2) is 5.96 Å². The van der Waals surface area contributed by atoms with Crippen LogP contribution in [0.2, 0.25) is 10.0 Å². The van der Waals surface area contributed by atoms with Crippen LogP contribution in [0.5, 0.6) is 0 Å². The fourth-order valence-electron chi connectivity index (χ4n) is 3.90. The summed E-state index contributed by atoms with van der Waals surface area (Å²) in [5.74, 6) is 1.10. The van der Waals surface area contributed by atoms with Gasteiger partial charge in [0.05, 0.1) is 0 Å². The van der Waals surface area contributed by atoms with Gasteiger partial charge in [0.2, 0.25) is 5.91 Å². The van der Waals surface area contributed by atoms with Crippen molar-refractivity contribution in [2.45, 2.75) is 32.6 Å². The highest BCUT2D eigenvalue weighted by atomic mass is 35.5. The summed E-state index contributed by atoms with van der Waals surface area (Å²) >= 11 is 12.1. The molecule has 0 saturated carbocycles. The number of hydrogen-bond donors (Lipinski definition) is 2. The van der Waals surface area contributed by atoms with Gasteiger partial charge in [0.1, 0.15) is 0 Å². The van der Waals surface area contributed by atoms with E-state index in [1.165, 1.54) is 0 Å². The van der Waals surface area contributed by atoms with Crippen LogP contribution in [0.25, 0.3) is 0 Å². The first-order chi connectivity index (χ1) is 12.5. The number of nitrogens with one attached hydrogen (secondary N) is 2. The van der Waals surface area contributed by atoms with Crippen molar-refractivity contribution in [2.24, 2.45) is 10.4 Å². The summed E-state index contributed by atoms with van der Waals surface area (Å²) in [6.07, 6.45) is 3.60. The summed E-state index contributed by atoms with van der Waals surface area (Å²) in [5, 5.41) is 7.70. The highest BCUT2D eigenvalue weighted by Gasteiger charge is 2.42. The van der Waals surface area contributed by atoms with Gasteiger partial charge in [-0.15, -0.1) is 0 Å². The average Bonchev–Trinajstić information content (AvgIpc) is 2.93. The SMILES string of the molecule is CCNC(=NCCc1cc(Cl)cc(Cl)c1)N1CCCC2(CNC(=O)C2)C1. The predicted molar refractivity (Wildman–Crippen MR) is 107 cm³/mol. The van der Waals surface area contributed by atoms with Crippen LogP contribution in [0.1, 0.15) is 31.7 Å². The Bertz CT molecular complexity index is 674. The molecule has 1 aromatic rings. The number of carbonyl (C=O) groups is 1. The molecule has 2 aliphatic rings. The van der Waals surface area contributed by atoms with E-state index in [-0.39, 0.29) is 11.3 Å². The number of likely N-dealkylation sites (tertiary alicyclic amines) is 1. The van der Waals surface area contributed by atoms with Crippen molar-refractivity contribution >= 4 is 35.1 Å². The van der Waals surface area contributed by atoms with E-state index < -0.39 is 0 Å². The van der Waals surface area contributed by atoms with Gasteiger partial charge in [0.25, 0.3) is 0 Å². The molecule has 2 heterocycles. The van der Waals surface area contributed by atoms with E-state index >= 15 is 0 Å². The minimum Gasteiger partial charge on any atom is -0.357 e. The quantitative estimate of drug-likeness (QED) is 0.607. The highest BCUT2D eigenvalue weighted by Crippen LogP contribution is 2.36. The maximum absolute atomic E-state index is 11.7. The molecule has 0 aliphatic carbocycles. The van der Waals surface area contributed by atoms with Crippen LogP contribution in [0.15, 0.2) is 23.2 Å². The van der Waals surface area contributed by atoms with Crippen molar-refractivity contribution < 1.29 is 4.79 Å². The highest BCUT2D eigenvalue weighted by molar-refractivity contribution is 6.34. The van der Waals surface area contributed by atoms with Crippen LogP contribution in [-0.2, 0) is 11.2 Å². The molecule has 0 aromatic heterocycles. The molecular formula is C19H26Cl2N4O. The van der Waals surface area contributed by atoms with E-state index in [0.29, 0.717) is 23.0 Å². The van der Waals surface area contributed by atoms with E-state index in [1.54, 1.807) is 6.07 Å². The second kappa shape index (κ2) is 8.49. The Labute approximate surface area is 165 Å². The van der Waals surface area contributed by atoms with Crippen LogP contribution in [0.3, 0.4) is 0 Å². The molecule has 2 N–H and O–H groups in total. The van der Waals surface area contributed by atoms with E-state index in [4.69, 9.17) is 28.2 Å². The standard InChI is InChI=1S/C19H26Cl2N4O/c1-2-22-18(23-6-4-14-8-15(20)10-16(21)9-14)25-7-3-5-19(13-25)11-17(26)24-12-19/h8-10H,2-7,11-13H2,1H3,(H,22,23)(H,24,26). The largest absolute Gasteiger partial charge is 0.357 e. The van der Waals surface area contributed by atoms with Crippen molar-refractivity contribution in [2.75, 3.05) is 32.7 Å². The molecule has 7 heteroatoms. The fraction of sp³-hybridized carbons (Fsp3) is 0.579. The Kier molecular flexibility index (Phi) is 6.30. The minimum absolute atomic E-state index is 0.0615. The zero-order chi connectivity index (χ0) is 18.6. The lowest BCUT2D eigenvalue weighted by Crippen LogP contribution is -2.51. The van der Waals surface area contributed by atoms with Crippen LogP contribution in [-0.4, -0.2) is 49.5 Å². The summed E-state index contributed by atoms with van der Waals surface area (Å²) in [7, 11) is 0. The number of guanidine groups is 1. The van der Waals surface area contributed by atoms with Crippen LogP contribution < -0.4 is 10.6 Å². The van der Waals surface area contributed by atoms with Gasteiger partial charge in [-0.3, -0.25) is 9.79 Å². The lowest BCUT2D eigenvalue weighted by atomic mass is 9.79. The second-order valence-electron chi connectivity index (χ2n) is 7.24. The second-order valence-corrected chi connectivity index (χ2v) is 8.11. The molecule has 1 amide bonds. The van der Waals surface area contributed by atoms with Gasteiger partial charge >= 0.3 is 0 Å². The van der Waals surface area contributed by atoms with E-state index in [0.717, 1.165) is 57.0 Å². The molecule has 142 valence electrons. The summed E-state index contributed by atoms with van der Waals surface area (Å²) in [6, 6.07) is 5.60. The molecule has 1 atom stereocenters. The number of piperidine rings is 1. The van der Waals surface area contributed by atoms with Crippen molar-refractivity contribution in [1.82, 2.24) is 15.5 Å². The van der Waals surface area contributed by atoms with Gasteiger partial charge in [-0.25, -0.2) is 0 Å². The summed E-state index contributed by atoms with van der Waals surface area (Å²) < 4.78 is 0. The molecule has 1 spiro atoms. The molecule has 2 saturated heterocycles. The number of rotatable bonds is 4. The first-order valence-corrected chi connectivity index (χ1v) is 10.0. The molecule has 0 radical (unpaired) electrons. The van der Waals surface area contributed by atoms with Crippen molar-refractivity contribution in [3.8, 4) is 0 Å². The van der Waals surface area contributed by atoms with Crippen molar-refractivity contribution in [3.05, 3.63) is 33.8 Å². The molecule has 0 bridgehead atoms. The lowest BCUT2D eigenvalue weighted by molar-refractivity contribution is -0.119. The number of hydrogen-bond acceptors (Lipinski definition) is 2. The monoisotopic (exact) mass is 396 g/mol. The normalized spacial score (nSPS) is 23.4. The molecule has 1 aromatic carbocycles. The third kappa shape index (κ3) is 4.83. The minimum atomic E-state index is 0.0615. The Morgan fingerprint density at radius 1 is 1.35 bits per heavy atom. The van der Waals surface area contributed by atoms with Crippen LogP contribution in [0, 0.1) is 5.41 Å². The summed E-state index contributed by atoms with van der Waals surface area (Å²) in [4.78, 5) is 18.8. The van der Waals surface area contributed by atoms with Gasteiger partial charge in [0, 0.05) is 54.6 Å². The van der Waals surface area contributed by atoms with E-state index in [1.807, 2.05) is 12.1 Å². The van der Waals surface area contributed by atoms with Gasteiger partial charge in [-0.05, 0) is 49.9 Å². The number of nitrogens with zero attached hydrogens (tertiary/aromatic N) is 2. The van der Waals surface area contributed by atoms with E-state index in [2.05, 4.69) is 22.5 Å². The Morgan fingerprint density at radius 2 is 2.12 bits per heavy atom. The van der Waals surface area contributed by atoms with Gasteiger partial charge < -0.3 is 15.5 Å². The third-order valence-electron chi connectivity index (χ3n) is 5.08.